The van der Waals surface area contributed by atoms with Crippen LogP contribution in [-0.4, -0.2) is 0 Å². The summed E-state index contributed by atoms with van der Waals surface area (Å²) in [4.78, 5) is 9.33. The summed E-state index contributed by atoms with van der Waals surface area (Å²) in [7, 11) is 0. The molecule has 1 rings (SSSR count). The molecule has 5 heteroatoms. The zero-order chi connectivity index (χ0) is 3.70. The van der Waals surface area contributed by atoms with Gasteiger partial charge < -0.3 is 0 Å². The molecule has 0 bridgehead atoms. The summed E-state index contributed by atoms with van der Waals surface area (Å²) >= 11 is 0. The first-order chi connectivity index (χ1) is 2.39. The molecule has 0 N–H and O–H groups in total. The van der Waals surface area contributed by atoms with Gasteiger partial charge in [0, 0.05) is 26.2 Å². The molecule has 6 heavy (non-hydrogen) atoms. The Labute approximate surface area is 51.1 Å². The molecule has 0 atom stereocenters. The van der Waals surface area contributed by atoms with E-state index in [4.69, 9.17) is 0 Å². The van der Waals surface area contributed by atoms with Gasteiger partial charge in [0.15, 0.2) is 0 Å². The summed E-state index contributed by atoms with van der Waals surface area (Å²) in [5.74, 6) is -0.787. The average molecular weight is 167 g/mol. The fourth-order valence-electron chi connectivity index (χ4n) is 0.0618. The second kappa shape index (κ2) is 2.18. The van der Waals surface area contributed by atoms with Crippen LogP contribution in [0.5, 0.6) is 0 Å². The third kappa shape index (κ3) is 0.973. The molecule has 0 aliphatic rings. The monoisotopic (exact) mass is 166 g/mol. The fraction of sp³-hybridized carbons (Fsp3) is 0. The normalized spacial score (nSPS) is 7.33. The largest absolute Gasteiger partial charge is 0.597 e. The minimum Gasteiger partial charge on any atom is -0.197 e. The Morgan fingerprint density at radius 3 is 1.67 bits per heavy atom. The molecule has 0 radical (unpaired) electrons. The Hall–Kier alpha value is -0.0469. The third-order valence-corrected chi connectivity index (χ3v) is 0.204. The van der Waals surface area contributed by atoms with Crippen LogP contribution in [0.2, 0.25) is 0 Å². The van der Waals surface area contributed by atoms with Crippen LogP contribution >= 0.6 is 0 Å². The maximum absolute atomic E-state index is 9.33. The van der Waals surface area contributed by atoms with Gasteiger partial charge in [-0.1, -0.05) is 4.74 Å². The van der Waals surface area contributed by atoms with Gasteiger partial charge in [-0.25, -0.2) is 0 Å². The average Bonchev–Trinajstić information content (AvgIpc) is 1.30. The number of rotatable bonds is 0. The van der Waals surface area contributed by atoms with Gasteiger partial charge in [-0.05, 0) is 0 Å². The Morgan fingerprint density at radius 1 is 1.33 bits per heavy atom. The summed E-state index contributed by atoms with van der Waals surface area (Å²) in [5.41, 5.74) is 0. The molecule has 4 nitrogen and oxygen atoms in total. The maximum atomic E-state index is 9.33. The molecule has 1 aromatic rings. The molecule has 1 aromatic heterocycles. The molecular formula is CO4Zr. The van der Waals surface area contributed by atoms with Gasteiger partial charge in [0.05, 0.1) is 0 Å². The summed E-state index contributed by atoms with van der Waals surface area (Å²) in [6.07, 6.45) is 0. The van der Waals surface area contributed by atoms with Crippen molar-refractivity contribution in [1.29, 1.82) is 0 Å². The van der Waals surface area contributed by atoms with Crippen LogP contribution < -0.4 is 5.82 Å². The zero-order valence-electron chi connectivity index (χ0n) is 2.63. The van der Waals surface area contributed by atoms with Crippen molar-refractivity contribution in [2.75, 3.05) is 0 Å². The molecular weight excluding hydrogens is 167 g/mol. The van der Waals surface area contributed by atoms with E-state index in [0.29, 0.717) is 0 Å². The first-order valence-electron chi connectivity index (χ1n) is 0.946. The van der Waals surface area contributed by atoms with E-state index in [-0.39, 0.29) is 26.2 Å². The molecule has 0 aliphatic heterocycles. The summed E-state index contributed by atoms with van der Waals surface area (Å²) in [5, 5.41) is 0. The Bertz CT molecular complexity index is 122. The smallest absolute Gasteiger partial charge is 0.197 e. The van der Waals surface area contributed by atoms with Gasteiger partial charge in [-0.2, -0.15) is 13.9 Å². The van der Waals surface area contributed by atoms with E-state index in [1.54, 1.807) is 0 Å². The zero-order valence-corrected chi connectivity index (χ0v) is 5.09. The molecule has 0 amide bonds. The topological polar surface area (TPSA) is 56.5 Å². The van der Waals surface area contributed by atoms with Crippen molar-refractivity contribution in [1.82, 2.24) is 0 Å². The molecule has 0 aliphatic carbocycles. The van der Waals surface area contributed by atoms with E-state index < -0.39 is 5.82 Å². The quantitative estimate of drug-likeness (QED) is 0.503. The van der Waals surface area contributed by atoms with Gasteiger partial charge in [-0.15, -0.1) is 0 Å². The minimum absolute atomic E-state index is 0. The molecule has 32 valence electrons. The molecule has 1 heterocycles. The first kappa shape index (κ1) is 5.95. The van der Waals surface area contributed by atoms with Crippen LogP contribution in [0.3, 0.4) is 0 Å². The second-order valence-corrected chi connectivity index (χ2v) is 0.485. The molecule has 0 saturated carbocycles. The first-order valence-corrected chi connectivity index (χ1v) is 0.946. The van der Waals surface area contributed by atoms with Crippen LogP contribution in [0.15, 0.2) is 18.7 Å². The van der Waals surface area contributed by atoms with Crippen LogP contribution in [-0.2, 0) is 26.2 Å². The molecule has 0 unspecified atom stereocenters. The van der Waals surface area contributed by atoms with Crippen LogP contribution in [0.1, 0.15) is 0 Å². The van der Waals surface area contributed by atoms with Crippen molar-refractivity contribution in [3.8, 4) is 0 Å². The Kier molecular flexibility index (Phi) is 2.17. The van der Waals surface area contributed by atoms with E-state index in [9.17, 15) is 4.79 Å². The maximum Gasteiger partial charge on any atom is 0.597 e. The van der Waals surface area contributed by atoms with Gasteiger partial charge in [-0.3, -0.25) is 0 Å². The van der Waals surface area contributed by atoms with Gasteiger partial charge in [0.25, 0.3) is 0 Å². The van der Waals surface area contributed by atoms with Crippen LogP contribution in [0.4, 0.5) is 0 Å². The third-order valence-electron chi connectivity index (χ3n) is 0.204. The summed E-state index contributed by atoms with van der Waals surface area (Å²) < 4.78 is 10.6. The molecule has 0 spiro atoms. The van der Waals surface area contributed by atoms with Gasteiger partial charge >= 0.3 is 5.82 Å². The number of hydrogen-bond acceptors (Lipinski definition) is 4. The van der Waals surface area contributed by atoms with Crippen molar-refractivity contribution in [2.45, 2.75) is 0 Å². The van der Waals surface area contributed by atoms with E-state index in [1.807, 2.05) is 0 Å². The van der Waals surface area contributed by atoms with Crippen molar-refractivity contribution >= 4 is 0 Å². The molecule has 0 aromatic carbocycles. The predicted molar refractivity (Wildman–Crippen MR) is 9.51 cm³/mol. The van der Waals surface area contributed by atoms with Crippen molar-refractivity contribution in [2.24, 2.45) is 0 Å². The SMILES string of the molecule is O=c1ooo1.[Zr]. The van der Waals surface area contributed by atoms with Gasteiger partial charge in [0.2, 0.25) is 0 Å². The van der Waals surface area contributed by atoms with E-state index in [1.165, 1.54) is 0 Å². The van der Waals surface area contributed by atoms with E-state index >= 15 is 0 Å². The Balaban J connectivity index is 0.000000250. The number of hydrogen-bond donors (Lipinski definition) is 0. The predicted octanol–water partition coefficient (Wildman–Crippen LogP) is -0.177. The van der Waals surface area contributed by atoms with Gasteiger partial charge in [0.1, 0.15) is 0 Å². The molecule has 0 fully saturated rings. The van der Waals surface area contributed by atoms with Crippen LogP contribution in [0.25, 0.3) is 0 Å². The van der Waals surface area contributed by atoms with Crippen molar-refractivity contribution in [3.63, 3.8) is 0 Å². The second-order valence-electron chi connectivity index (χ2n) is 0.485. The van der Waals surface area contributed by atoms with Crippen molar-refractivity contribution in [3.05, 3.63) is 10.6 Å². The van der Waals surface area contributed by atoms with E-state index in [2.05, 4.69) is 13.9 Å². The molecule has 0 saturated heterocycles. The van der Waals surface area contributed by atoms with Crippen molar-refractivity contribution < 1.29 is 40.1 Å². The summed E-state index contributed by atoms with van der Waals surface area (Å²) in [6.45, 7) is 0. The van der Waals surface area contributed by atoms with Crippen LogP contribution in [0, 0.1) is 0 Å². The van der Waals surface area contributed by atoms with E-state index in [0.717, 1.165) is 0 Å². The summed E-state index contributed by atoms with van der Waals surface area (Å²) in [6, 6.07) is 0. The minimum atomic E-state index is -0.787. The Morgan fingerprint density at radius 2 is 1.67 bits per heavy atom. The standard InChI is InChI=1S/CO4.Zr/c2-1-3-5-4-1;. The fourth-order valence-corrected chi connectivity index (χ4v) is 0.0618.